The van der Waals surface area contributed by atoms with Crippen molar-refractivity contribution >= 4 is 42.3 Å². The van der Waals surface area contributed by atoms with E-state index in [9.17, 15) is 9.59 Å². The summed E-state index contributed by atoms with van der Waals surface area (Å²) < 4.78 is 11.1. The normalized spacial score (nSPS) is 14.7. The molecule has 0 aliphatic carbocycles. The second-order valence-electron chi connectivity index (χ2n) is 6.28. The van der Waals surface area contributed by atoms with Crippen molar-refractivity contribution in [3.63, 3.8) is 0 Å². The number of nitrogens with two attached hydrogens (primary N) is 1. The number of hydrogen-bond donors (Lipinski definition) is 3. The summed E-state index contributed by atoms with van der Waals surface area (Å²) in [5, 5.41) is 6.06. The molecular weight excluding hydrogens is 419 g/mol. The Kier molecular flexibility index (Phi) is 9.32. The van der Waals surface area contributed by atoms with Crippen LogP contribution in [0.15, 0.2) is 42.6 Å². The number of pyridine rings is 1. The zero-order valence-corrected chi connectivity index (χ0v) is 17.5. The number of ether oxygens (including phenoxy) is 2. The Morgan fingerprint density at radius 2 is 1.90 bits per heavy atom. The molecule has 0 bridgehead atoms. The number of piperidine rings is 1. The van der Waals surface area contributed by atoms with Gasteiger partial charge in [-0.05, 0) is 50.2 Å². The van der Waals surface area contributed by atoms with Gasteiger partial charge in [-0.3, -0.25) is 9.59 Å². The molecule has 2 amide bonds. The van der Waals surface area contributed by atoms with Gasteiger partial charge in [-0.2, -0.15) is 0 Å². The number of halogens is 2. The monoisotopic (exact) mass is 442 g/mol. The van der Waals surface area contributed by atoms with Crippen LogP contribution in [-0.4, -0.2) is 42.6 Å². The van der Waals surface area contributed by atoms with E-state index in [4.69, 9.17) is 15.2 Å². The molecule has 3 rings (SSSR count). The maximum atomic E-state index is 12.6. The quantitative estimate of drug-likeness (QED) is 0.632. The molecule has 0 unspecified atom stereocenters. The summed E-state index contributed by atoms with van der Waals surface area (Å²) in [6.07, 6.45) is 2.73. The van der Waals surface area contributed by atoms with Crippen LogP contribution in [0, 0.1) is 0 Å². The van der Waals surface area contributed by atoms with Crippen LogP contribution in [0.4, 0.5) is 5.69 Å². The Hall–Kier alpha value is -2.39. The molecule has 2 heterocycles. The molecule has 8 nitrogen and oxygen atoms in total. The first kappa shape index (κ1) is 24.6. The van der Waals surface area contributed by atoms with E-state index >= 15 is 0 Å². The fraction of sp³-hybridized carbons (Fsp3) is 0.316. The zero-order chi connectivity index (χ0) is 19.3. The van der Waals surface area contributed by atoms with E-state index in [2.05, 4.69) is 15.6 Å². The molecule has 158 valence electrons. The van der Waals surface area contributed by atoms with Gasteiger partial charge in [-0.1, -0.05) is 6.07 Å². The van der Waals surface area contributed by atoms with Crippen LogP contribution in [0.2, 0.25) is 0 Å². The zero-order valence-electron chi connectivity index (χ0n) is 15.8. The SMILES string of the molecule is COC1(C(=O)Nc2ccc(Oc3cccc(C(N)=O)c3)nc2)CCNCC1.Cl.Cl. The third-order valence-electron chi connectivity index (χ3n) is 4.55. The van der Waals surface area contributed by atoms with Gasteiger partial charge in [0.05, 0.1) is 11.9 Å². The van der Waals surface area contributed by atoms with Crippen molar-refractivity contribution in [2.45, 2.75) is 18.4 Å². The third kappa shape index (κ3) is 6.04. The highest BCUT2D eigenvalue weighted by atomic mass is 35.5. The van der Waals surface area contributed by atoms with Gasteiger partial charge in [-0.25, -0.2) is 4.98 Å². The topological polar surface area (TPSA) is 116 Å². The molecule has 29 heavy (non-hydrogen) atoms. The van der Waals surface area contributed by atoms with Crippen LogP contribution in [0.25, 0.3) is 0 Å². The van der Waals surface area contributed by atoms with E-state index in [-0.39, 0.29) is 30.7 Å². The first-order chi connectivity index (χ1) is 13.0. The van der Waals surface area contributed by atoms with E-state index in [0.717, 1.165) is 13.1 Å². The van der Waals surface area contributed by atoms with Gasteiger partial charge in [0, 0.05) is 18.7 Å². The number of anilines is 1. The van der Waals surface area contributed by atoms with Gasteiger partial charge in [0.1, 0.15) is 11.4 Å². The van der Waals surface area contributed by atoms with Crippen molar-refractivity contribution in [2.75, 3.05) is 25.5 Å². The summed E-state index contributed by atoms with van der Waals surface area (Å²) in [6, 6.07) is 9.85. The van der Waals surface area contributed by atoms with Crippen LogP contribution < -0.4 is 21.1 Å². The van der Waals surface area contributed by atoms with Gasteiger partial charge in [0.2, 0.25) is 11.8 Å². The number of nitrogens with one attached hydrogen (secondary N) is 2. The number of hydrogen-bond acceptors (Lipinski definition) is 6. The highest BCUT2D eigenvalue weighted by Gasteiger charge is 2.39. The number of benzene rings is 1. The van der Waals surface area contributed by atoms with Crippen molar-refractivity contribution in [3.8, 4) is 11.6 Å². The van der Waals surface area contributed by atoms with Crippen LogP contribution in [0.1, 0.15) is 23.2 Å². The number of methoxy groups -OCH3 is 1. The van der Waals surface area contributed by atoms with E-state index in [1.54, 1.807) is 43.5 Å². The van der Waals surface area contributed by atoms with Gasteiger partial charge in [-0.15, -0.1) is 24.8 Å². The summed E-state index contributed by atoms with van der Waals surface area (Å²) in [4.78, 5) is 28.1. The minimum Gasteiger partial charge on any atom is -0.439 e. The Bertz CT molecular complexity index is 827. The van der Waals surface area contributed by atoms with Gasteiger partial charge in [0.25, 0.3) is 5.91 Å². The summed E-state index contributed by atoms with van der Waals surface area (Å²) in [5.74, 6) is 0.0640. The van der Waals surface area contributed by atoms with Crippen molar-refractivity contribution in [1.29, 1.82) is 0 Å². The number of rotatable bonds is 6. The molecule has 0 radical (unpaired) electrons. The average Bonchev–Trinajstić information content (AvgIpc) is 2.70. The summed E-state index contributed by atoms with van der Waals surface area (Å²) in [7, 11) is 1.56. The molecule has 0 atom stereocenters. The van der Waals surface area contributed by atoms with E-state index in [1.165, 1.54) is 6.20 Å². The highest BCUT2D eigenvalue weighted by Crippen LogP contribution is 2.25. The second-order valence-corrected chi connectivity index (χ2v) is 6.28. The number of primary amides is 1. The second kappa shape index (κ2) is 11.0. The standard InChI is InChI=1S/C19H22N4O4.2ClH/c1-26-19(7-9-21-10-8-19)18(25)23-14-5-6-16(22-12-14)27-15-4-2-3-13(11-15)17(20)24;;/h2-6,11-12,21H,7-10H2,1H3,(H2,20,24)(H,23,25);2*1H. The lowest BCUT2D eigenvalue weighted by molar-refractivity contribution is -0.140. The maximum Gasteiger partial charge on any atom is 0.256 e. The van der Waals surface area contributed by atoms with E-state index in [1.807, 2.05) is 0 Å². The maximum absolute atomic E-state index is 12.6. The Labute approximate surface area is 181 Å². The molecule has 2 aromatic rings. The molecular formula is C19H24Cl2N4O4. The number of amides is 2. The predicted molar refractivity (Wildman–Crippen MR) is 114 cm³/mol. The Balaban J connectivity index is 0.00000210. The fourth-order valence-electron chi connectivity index (χ4n) is 2.95. The number of carbonyl (C=O) groups is 2. The van der Waals surface area contributed by atoms with Crippen molar-refractivity contribution in [2.24, 2.45) is 5.73 Å². The van der Waals surface area contributed by atoms with Crippen LogP contribution in [-0.2, 0) is 9.53 Å². The van der Waals surface area contributed by atoms with Crippen LogP contribution in [0.3, 0.4) is 0 Å². The third-order valence-corrected chi connectivity index (χ3v) is 4.55. The van der Waals surface area contributed by atoms with E-state index < -0.39 is 11.5 Å². The molecule has 1 aromatic carbocycles. The molecule has 0 spiro atoms. The Morgan fingerprint density at radius 1 is 1.17 bits per heavy atom. The van der Waals surface area contributed by atoms with Crippen LogP contribution in [0.5, 0.6) is 11.6 Å². The lowest BCUT2D eigenvalue weighted by atomic mass is 9.91. The van der Waals surface area contributed by atoms with Gasteiger partial charge >= 0.3 is 0 Å². The largest absolute Gasteiger partial charge is 0.439 e. The lowest BCUT2D eigenvalue weighted by Crippen LogP contribution is -2.51. The molecule has 0 saturated carbocycles. The Morgan fingerprint density at radius 3 is 2.48 bits per heavy atom. The summed E-state index contributed by atoms with van der Waals surface area (Å²) in [6.45, 7) is 1.47. The highest BCUT2D eigenvalue weighted by molar-refractivity contribution is 5.97. The molecule has 4 N–H and O–H groups in total. The number of aromatic nitrogens is 1. The van der Waals surface area contributed by atoms with Crippen molar-refractivity contribution < 1.29 is 19.1 Å². The smallest absolute Gasteiger partial charge is 0.256 e. The first-order valence-corrected chi connectivity index (χ1v) is 8.63. The number of nitrogens with zero attached hydrogens (tertiary/aromatic N) is 1. The van der Waals surface area contributed by atoms with Crippen molar-refractivity contribution in [1.82, 2.24) is 10.3 Å². The van der Waals surface area contributed by atoms with Gasteiger partial charge in [0.15, 0.2) is 0 Å². The lowest BCUT2D eigenvalue weighted by Gasteiger charge is -2.34. The molecule has 10 heteroatoms. The van der Waals surface area contributed by atoms with Gasteiger partial charge < -0.3 is 25.8 Å². The molecule has 1 aliphatic rings. The summed E-state index contributed by atoms with van der Waals surface area (Å²) >= 11 is 0. The molecule has 1 aliphatic heterocycles. The predicted octanol–water partition coefficient (Wildman–Crippen LogP) is 2.52. The summed E-state index contributed by atoms with van der Waals surface area (Å²) in [5.41, 5.74) is 5.34. The van der Waals surface area contributed by atoms with E-state index in [0.29, 0.717) is 35.7 Å². The molecule has 1 aromatic heterocycles. The number of carbonyl (C=O) groups excluding carboxylic acids is 2. The minimum absolute atomic E-state index is 0. The first-order valence-electron chi connectivity index (χ1n) is 8.63. The van der Waals surface area contributed by atoms with Crippen molar-refractivity contribution in [3.05, 3.63) is 48.2 Å². The molecule has 1 saturated heterocycles. The fourth-order valence-corrected chi connectivity index (χ4v) is 2.95. The van der Waals surface area contributed by atoms with Crippen LogP contribution >= 0.6 is 24.8 Å². The minimum atomic E-state index is -0.824. The molecule has 1 fully saturated rings. The average molecular weight is 443 g/mol.